The molecule has 0 saturated heterocycles. The summed E-state index contributed by atoms with van der Waals surface area (Å²) in [7, 11) is 1.52. The van der Waals surface area contributed by atoms with Crippen molar-refractivity contribution in [3.05, 3.63) is 51.7 Å². The normalized spacial score (nSPS) is 14.7. The lowest BCUT2D eigenvalue weighted by atomic mass is 9.95. The summed E-state index contributed by atoms with van der Waals surface area (Å²) in [5.41, 5.74) is 1.38. The number of halogens is 4. The standard InChI is InChI=1S/C16H14ClF3N2/c1-8-6-12(11(7-13(8)17)10-4-5-10)15-14(16(18,19)20)9(2)22(3)21-15/h4-7,10H,1-3H3. The van der Waals surface area contributed by atoms with Gasteiger partial charge in [-0.25, -0.2) is 0 Å². The van der Waals surface area contributed by atoms with Crippen molar-refractivity contribution in [2.24, 2.45) is 7.05 Å². The molecule has 0 saturated carbocycles. The van der Waals surface area contributed by atoms with Crippen molar-refractivity contribution in [1.82, 2.24) is 9.78 Å². The first kappa shape index (κ1) is 15.2. The Morgan fingerprint density at radius 3 is 2.36 bits per heavy atom. The molecule has 0 aliphatic heterocycles. The van der Waals surface area contributed by atoms with Gasteiger partial charge in [-0.3, -0.25) is 4.68 Å². The Kier molecular flexibility index (Phi) is 3.36. The van der Waals surface area contributed by atoms with Crippen molar-refractivity contribution < 1.29 is 13.2 Å². The van der Waals surface area contributed by atoms with Crippen LogP contribution >= 0.6 is 11.6 Å². The number of benzene rings is 1. The third-order valence-corrected chi connectivity index (χ3v) is 4.35. The summed E-state index contributed by atoms with van der Waals surface area (Å²) >= 11 is 6.14. The van der Waals surface area contributed by atoms with Crippen LogP contribution in [0.1, 0.15) is 28.3 Å². The third kappa shape index (κ3) is 2.43. The number of rotatable bonds is 2. The van der Waals surface area contributed by atoms with Crippen LogP contribution in [0.25, 0.3) is 11.3 Å². The zero-order valence-corrected chi connectivity index (χ0v) is 13.0. The molecule has 2 nitrogen and oxygen atoms in total. The maximum Gasteiger partial charge on any atom is 0.420 e. The van der Waals surface area contributed by atoms with Crippen LogP contribution in [-0.4, -0.2) is 9.78 Å². The largest absolute Gasteiger partial charge is 0.420 e. The fraction of sp³-hybridized carbons (Fsp3) is 0.312. The van der Waals surface area contributed by atoms with Crippen LogP contribution in [0.15, 0.2) is 24.3 Å². The molecule has 0 radical (unpaired) electrons. The van der Waals surface area contributed by atoms with Gasteiger partial charge in [0.05, 0.1) is 0 Å². The second-order valence-corrected chi connectivity index (χ2v) is 5.94. The number of hydrogen-bond acceptors (Lipinski definition) is 1. The van der Waals surface area contributed by atoms with Crippen LogP contribution in [-0.2, 0) is 13.2 Å². The van der Waals surface area contributed by atoms with E-state index in [1.54, 1.807) is 19.1 Å². The molecule has 0 fully saturated rings. The van der Waals surface area contributed by atoms with E-state index in [0.717, 1.165) is 11.1 Å². The molecule has 0 atom stereocenters. The summed E-state index contributed by atoms with van der Waals surface area (Å²) in [5.74, 6) is 0.0384. The minimum Gasteiger partial charge on any atom is -0.272 e. The molecule has 1 aliphatic rings. The average Bonchev–Trinajstić information content (AvgIpc) is 3.18. The Morgan fingerprint density at radius 2 is 1.82 bits per heavy atom. The van der Waals surface area contributed by atoms with E-state index in [1.807, 2.05) is 12.2 Å². The highest BCUT2D eigenvalue weighted by atomic mass is 35.5. The maximum absolute atomic E-state index is 13.4. The SMILES string of the molecule is Cc1cc(-c2nn(C)c(C)c2C(F)(F)F)c(C2C=C2)cc1Cl. The first-order valence-electron chi connectivity index (χ1n) is 6.79. The van der Waals surface area contributed by atoms with E-state index in [0.29, 0.717) is 10.6 Å². The second-order valence-electron chi connectivity index (χ2n) is 5.53. The van der Waals surface area contributed by atoms with Crippen LogP contribution in [0.5, 0.6) is 0 Å². The highest BCUT2D eigenvalue weighted by Gasteiger charge is 2.39. The van der Waals surface area contributed by atoms with Crippen molar-refractivity contribution in [2.45, 2.75) is 25.9 Å². The summed E-state index contributed by atoms with van der Waals surface area (Å²) in [6, 6.07) is 3.43. The van der Waals surface area contributed by atoms with Crippen molar-refractivity contribution in [1.29, 1.82) is 0 Å². The molecule has 0 bridgehead atoms. The Balaban J connectivity index is 2.29. The van der Waals surface area contributed by atoms with E-state index in [1.165, 1.54) is 18.7 Å². The van der Waals surface area contributed by atoms with Crippen LogP contribution < -0.4 is 0 Å². The molecule has 22 heavy (non-hydrogen) atoms. The van der Waals surface area contributed by atoms with Gasteiger partial charge in [0.2, 0.25) is 0 Å². The molecule has 1 aromatic carbocycles. The molecular weight excluding hydrogens is 313 g/mol. The number of alkyl halides is 3. The van der Waals surface area contributed by atoms with Gasteiger partial charge in [0.15, 0.2) is 0 Å². The molecule has 0 spiro atoms. The van der Waals surface area contributed by atoms with Gasteiger partial charge < -0.3 is 0 Å². The van der Waals surface area contributed by atoms with Crippen molar-refractivity contribution in [3.8, 4) is 11.3 Å². The van der Waals surface area contributed by atoms with Crippen LogP contribution in [0.3, 0.4) is 0 Å². The highest BCUT2D eigenvalue weighted by Crippen LogP contribution is 2.44. The quantitative estimate of drug-likeness (QED) is 0.708. The molecule has 0 N–H and O–H groups in total. The van der Waals surface area contributed by atoms with Gasteiger partial charge >= 0.3 is 6.18 Å². The smallest absolute Gasteiger partial charge is 0.272 e. The predicted molar refractivity (Wildman–Crippen MR) is 80.0 cm³/mol. The summed E-state index contributed by atoms with van der Waals surface area (Å²) in [5, 5.41) is 4.66. The lowest BCUT2D eigenvalue weighted by molar-refractivity contribution is -0.137. The van der Waals surface area contributed by atoms with Gasteiger partial charge in [0.1, 0.15) is 11.3 Å². The summed E-state index contributed by atoms with van der Waals surface area (Å²) < 4.78 is 41.6. The lowest BCUT2D eigenvalue weighted by Gasteiger charge is -2.13. The van der Waals surface area contributed by atoms with Gasteiger partial charge in [-0.05, 0) is 37.1 Å². The zero-order chi connectivity index (χ0) is 16.2. The first-order valence-corrected chi connectivity index (χ1v) is 7.17. The molecule has 1 aromatic heterocycles. The van der Waals surface area contributed by atoms with E-state index >= 15 is 0 Å². The third-order valence-electron chi connectivity index (χ3n) is 3.95. The molecule has 116 valence electrons. The van der Waals surface area contributed by atoms with E-state index in [2.05, 4.69) is 5.10 Å². The minimum absolute atomic E-state index is 0.0315. The number of hydrogen-bond donors (Lipinski definition) is 0. The van der Waals surface area contributed by atoms with Crippen molar-refractivity contribution in [3.63, 3.8) is 0 Å². The molecule has 1 heterocycles. The topological polar surface area (TPSA) is 17.8 Å². The second kappa shape index (κ2) is 4.88. The Labute approximate surface area is 131 Å². The monoisotopic (exact) mass is 326 g/mol. The van der Waals surface area contributed by atoms with Crippen molar-refractivity contribution >= 4 is 11.6 Å². The fourth-order valence-electron chi connectivity index (χ4n) is 2.58. The number of allylic oxidation sites excluding steroid dienone is 2. The molecule has 0 unspecified atom stereocenters. The van der Waals surface area contributed by atoms with Crippen LogP contribution in [0, 0.1) is 13.8 Å². The first-order chi connectivity index (χ1) is 10.2. The van der Waals surface area contributed by atoms with Gasteiger partial charge in [-0.1, -0.05) is 23.8 Å². The number of aryl methyl sites for hydroxylation is 2. The highest BCUT2D eigenvalue weighted by molar-refractivity contribution is 6.31. The van der Waals surface area contributed by atoms with E-state index in [-0.39, 0.29) is 17.3 Å². The van der Waals surface area contributed by atoms with Crippen LogP contribution in [0.4, 0.5) is 13.2 Å². The molecule has 6 heteroatoms. The molecule has 2 aromatic rings. The number of nitrogens with zero attached hydrogens (tertiary/aromatic N) is 2. The summed E-state index contributed by atoms with van der Waals surface area (Å²) in [6.07, 6.45) is -0.601. The predicted octanol–water partition coefficient (Wildman–Crippen LogP) is 5.03. The van der Waals surface area contributed by atoms with E-state index < -0.39 is 11.7 Å². The molecule has 0 amide bonds. The van der Waals surface area contributed by atoms with Crippen LogP contribution in [0.2, 0.25) is 5.02 Å². The lowest BCUT2D eigenvalue weighted by Crippen LogP contribution is -2.08. The van der Waals surface area contributed by atoms with Crippen molar-refractivity contribution in [2.75, 3.05) is 0 Å². The van der Waals surface area contributed by atoms with Gasteiger partial charge in [0.25, 0.3) is 0 Å². The summed E-state index contributed by atoms with van der Waals surface area (Å²) in [6.45, 7) is 3.20. The van der Waals surface area contributed by atoms with E-state index in [4.69, 9.17) is 11.6 Å². The molecule has 1 aliphatic carbocycles. The molecular formula is C16H14ClF3N2. The fourth-order valence-corrected chi connectivity index (χ4v) is 2.75. The number of aromatic nitrogens is 2. The van der Waals surface area contributed by atoms with E-state index in [9.17, 15) is 13.2 Å². The average molecular weight is 327 g/mol. The van der Waals surface area contributed by atoms with Gasteiger partial charge in [-0.2, -0.15) is 18.3 Å². The Morgan fingerprint density at radius 1 is 1.18 bits per heavy atom. The maximum atomic E-state index is 13.4. The Bertz CT molecular complexity index is 782. The van der Waals surface area contributed by atoms with Gasteiger partial charge in [0, 0.05) is 29.2 Å². The Hall–Kier alpha value is -1.75. The minimum atomic E-state index is -4.45. The van der Waals surface area contributed by atoms with Gasteiger partial charge in [-0.15, -0.1) is 0 Å². The summed E-state index contributed by atoms with van der Waals surface area (Å²) in [4.78, 5) is 0. The molecule has 3 rings (SSSR count). The zero-order valence-electron chi connectivity index (χ0n) is 12.3.